The highest BCUT2D eigenvalue weighted by Gasteiger charge is 2.22. The first kappa shape index (κ1) is 37.3. The Hall–Kier alpha value is -5.49. The second-order valence-corrected chi connectivity index (χ2v) is 13.7. The molecule has 2 amide bonds. The normalized spacial score (nSPS) is 16.2. The summed E-state index contributed by atoms with van der Waals surface area (Å²) in [6.45, 7) is 0.918. The monoisotopic (exact) mass is 717 g/mol. The molecule has 1 heterocycles. The molecule has 1 fully saturated rings. The van der Waals surface area contributed by atoms with Crippen molar-refractivity contribution in [2.45, 2.75) is 69.6 Å². The van der Waals surface area contributed by atoms with E-state index in [2.05, 4.69) is 20.9 Å². The van der Waals surface area contributed by atoms with E-state index in [0.717, 1.165) is 60.0 Å². The number of aromatic hydroxyl groups is 1. The van der Waals surface area contributed by atoms with Crippen LogP contribution in [0.1, 0.15) is 61.3 Å². The number of H-pyrrole nitrogens is 1. The van der Waals surface area contributed by atoms with E-state index in [1.54, 1.807) is 12.1 Å². The van der Waals surface area contributed by atoms with Gasteiger partial charge in [-0.3, -0.25) is 14.9 Å². The predicted molar refractivity (Wildman–Crippen MR) is 208 cm³/mol. The van der Waals surface area contributed by atoms with Crippen LogP contribution in [0.4, 0.5) is 16.2 Å². The predicted octanol–water partition coefficient (Wildman–Crippen LogP) is 6.55. The second kappa shape index (κ2) is 17.8. The summed E-state index contributed by atoms with van der Waals surface area (Å²) < 4.78 is 5.73. The Morgan fingerprint density at radius 1 is 0.868 bits per heavy atom. The van der Waals surface area contributed by atoms with Crippen LogP contribution in [0, 0.1) is 0 Å². The Morgan fingerprint density at radius 2 is 1.62 bits per heavy atom. The quantitative estimate of drug-likeness (QED) is 0.0633. The van der Waals surface area contributed by atoms with Crippen LogP contribution in [-0.2, 0) is 22.4 Å². The van der Waals surface area contributed by atoms with Crippen molar-refractivity contribution in [3.63, 3.8) is 0 Å². The van der Waals surface area contributed by atoms with E-state index in [0.29, 0.717) is 54.5 Å². The molecule has 4 aromatic carbocycles. The summed E-state index contributed by atoms with van der Waals surface area (Å²) in [5.74, 6) is -0.120. The minimum atomic E-state index is -0.829. The number of aliphatic hydroxyl groups excluding tert-OH is 1. The lowest BCUT2D eigenvalue weighted by molar-refractivity contribution is -0.116. The third-order valence-corrected chi connectivity index (χ3v) is 9.70. The largest absolute Gasteiger partial charge is 0.506 e. The number of aromatic nitrogens is 1. The number of amides is 2. The summed E-state index contributed by atoms with van der Waals surface area (Å²) in [5.41, 5.74) is 12.0. The molecule has 53 heavy (non-hydrogen) atoms. The lowest BCUT2D eigenvalue weighted by Crippen LogP contribution is -2.32. The van der Waals surface area contributed by atoms with Gasteiger partial charge in [-0.1, -0.05) is 60.7 Å². The third-order valence-electron chi connectivity index (χ3n) is 9.70. The van der Waals surface area contributed by atoms with Crippen molar-refractivity contribution in [3.05, 3.63) is 124 Å². The number of phenols is 1. The molecule has 1 aliphatic rings. The van der Waals surface area contributed by atoms with Crippen LogP contribution in [0.5, 0.6) is 5.75 Å². The van der Waals surface area contributed by atoms with Crippen molar-refractivity contribution in [1.29, 1.82) is 0 Å². The fourth-order valence-corrected chi connectivity index (χ4v) is 6.78. The standard InChI is InChI=1S/C42H47N5O6/c43-30-12-16-32(17-13-30)53-42(52)46-36-25-28(11-18-33(36)29-6-2-1-3-7-29)5-4-8-39(50)45-31-14-9-27(10-15-31)23-24-44-26-38(49)34-19-21-37(48)41-35(34)20-22-40(51)47-41/h1-3,6-7,9-11,14-15,18-22,25,30,32,38,44,48-49H,4-5,8,12-13,16-17,23-24,26,43H2,(H,45,50)(H,46,52)(H,47,51)/t30?,32?,38-/m0/s1. The minimum Gasteiger partial charge on any atom is -0.506 e. The smallest absolute Gasteiger partial charge is 0.411 e. The topological polar surface area (TPSA) is 179 Å². The van der Waals surface area contributed by atoms with E-state index in [9.17, 15) is 24.6 Å². The van der Waals surface area contributed by atoms with Gasteiger partial charge >= 0.3 is 6.09 Å². The number of aliphatic hydroxyl groups is 1. The first-order chi connectivity index (χ1) is 25.7. The van der Waals surface area contributed by atoms with Gasteiger partial charge in [-0.25, -0.2) is 4.79 Å². The van der Waals surface area contributed by atoms with E-state index >= 15 is 0 Å². The maximum Gasteiger partial charge on any atom is 0.411 e. The number of ether oxygens (including phenoxy) is 1. The van der Waals surface area contributed by atoms with Gasteiger partial charge in [0, 0.05) is 41.7 Å². The number of carbonyl (C=O) groups is 2. The molecule has 11 nitrogen and oxygen atoms in total. The first-order valence-electron chi connectivity index (χ1n) is 18.3. The number of hydrogen-bond acceptors (Lipinski definition) is 8. The van der Waals surface area contributed by atoms with Crippen LogP contribution in [0.15, 0.2) is 102 Å². The summed E-state index contributed by atoms with van der Waals surface area (Å²) in [4.78, 5) is 40.0. The van der Waals surface area contributed by atoms with Gasteiger partial charge in [-0.05, 0) is 104 Å². The van der Waals surface area contributed by atoms with Gasteiger partial charge in [0.15, 0.2) is 0 Å². The molecule has 1 atom stereocenters. The molecule has 0 unspecified atom stereocenters. The van der Waals surface area contributed by atoms with Crippen LogP contribution in [-0.4, -0.2) is 52.4 Å². The van der Waals surface area contributed by atoms with Gasteiger partial charge in [0.05, 0.1) is 17.3 Å². The maximum absolute atomic E-state index is 12.9. The molecule has 0 radical (unpaired) electrons. The lowest BCUT2D eigenvalue weighted by atomic mass is 9.94. The summed E-state index contributed by atoms with van der Waals surface area (Å²) in [7, 11) is 0. The van der Waals surface area contributed by atoms with Gasteiger partial charge in [0.25, 0.3) is 0 Å². The summed E-state index contributed by atoms with van der Waals surface area (Å²) in [5, 5.41) is 30.7. The average Bonchev–Trinajstić information content (AvgIpc) is 3.15. The van der Waals surface area contributed by atoms with Crippen LogP contribution in [0.25, 0.3) is 22.0 Å². The number of nitrogens with two attached hydrogens (primary N) is 1. The molecule has 5 aromatic rings. The maximum atomic E-state index is 12.9. The highest BCUT2D eigenvalue weighted by atomic mass is 16.6. The van der Waals surface area contributed by atoms with Gasteiger partial charge in [-0.15, -0.1) is 0 Å². The molecule has 1 aromatic heterocycles. The molecular formula is C42H47N5O6. The van der Waals surface area contributed by atoms with Crippen molar-refractivity contribution in [2.75, 3.05) is 23.7 Å². The molecule has 1 aliphatic carbocycles. The zero-order valence-corrected chi connectivity index (χ0v) is 29.6. The number of fused-ring (bicyclic) bond motifs is 1. The van der Waals surface area contributed by atoms with Crippen LogP contribution in [0.3, 0.4) is 0 Å². The highest BCUT2D eigenvalue weighted by molar-refractivity contribution is 5.92. The van der Waals surface area contributed by atoms with Crippen molar-refractivity contribution in [2.24, 2.45) is 5.73 Å². The number of phenolic OH excluding ortho intramolecular Hbond substituents is 1. The Kier molecular flexibility index (Phi) is 12.5. The summed E-state index contributed by atoms with van der Waals surface area (Å²) in [6.07, 6.45) is 4.16. The summed E-state index contributed by atoms with van der Waals surface area (Å²) in [6, 6.07) is 29.8. The van der Waals surface area contributed by atoms with Crippen LogP contribution < -0.4 is 27.2 Å². The molecule has 0 spiro atoms. The number of hydrogen-bond donors (Lipinski definition) is 7. The average molecular weight is 718 g/mol. The van der Waals surface area contributed by atoms with E-state index in [1.807, 2.05) is 72.8 Å². The SMILES string of the molecule is NC1CCC(OC(=O)Nc2cc(CCCC(=O)Nc3ccc(CCNC[C@H](O)c4ccc(O)c5[nH]c(=O)ccc45)cc3)ccc2-c2ccccc2)CC1. The molecule has 0 aliphatic heterocycles. The van der Waals surface area contributed by atoms with Gasteiger partial charge in [0.1, 0.15) is 11.9 Å². The Morgan fingerprint density at radius 3 is 2.40 bits per heavy atom. The lowest BCUT2D eigenvalue weighted by Gasteiger charge is -2.26. The zero-order valence-electron chi connectivity index (χ0n) is 29.6. The van der Waals surface area contributed by atoms with Crippen molar-refractivity contribution in [1.82, 2.24) is 10.3 Å². The highest BCUT2D eigenvalue weighted by Crippen LogP contribution is 2.31. The number of anilines is 2. The minimum absolute atomic E-state index is 0.0455. The fourth-order valence-electron chi connectivity index (χ4n) is 6.78. The van der Waals surface area contributed by atoms with E-state index in [4.69, 9.17) is 10.5 Å². The number of rotatable bonds is 14. The third kappa shape index (κ3) is 10.3. The zero-order chi connectivity index (χ0) is 37.2. The fraction of sp³-hybridized carbons (Fsp3) is 0.310. The molecule has 0 bridgehead atoms. The van der Waals surface area contributed by atoms with Crippen LogP contribution in [0.2, 0.25) is 0 Å². The molecule has 0 saturated heterocycles. The van der Waals surface area contributed by atoms with Gasteiger partial charge in [-0.2, -0.15) is 0 Å². The van der Waals surface area contributed by atoms with E-state index < -0.39 is 12.2 Å². The number of benzene rings is 4. The number of aromatic amines is 1. The molecular weight excluding hydrogens is 670 g/mol. The van der Waals surface area contributed by atoms with Crippen molar-refractivity contribution < 1.29 is 24.5 Å². The number of pyridine rings is 1. The Labute approximate surface area is 308 Å². The Balaban J connectivity index is 0.952. The van der Waals surface area contributed by atoms with Gasteiger partial charge < -0.3 is 36.3 Å². The first-order valence-corrected chi connectivity index (χ1v) is 18.3. The van der Waals surface area contributed by atoms with Crippen LogP contribution >= 0.6 is 0 Å². The Bertz CT molecular complexity index is 2060. The second-order valence-electron chi connectivity index (χ2n) is 13.7. The molecule has 11 heteroatoms. The molecule has 1 saturated carbocycles. The number of nitrogens with one attached hydrogen (secondary N) is 4. The van der Waals surface area contributed by atoms with E-state index in [-0.39, 0.29) is 29.4 Å². The molecule has 276 valence electrons. The molecule has 6 rings (SSSR count). The van der Waals surface area contributed by atoms with Crippen molar-refractivity contribution >= 4 is 34.3 Å². The molecule has 8 N–H and O–H groups in total. The number of carbonyl (C=O) groups excluding carboxylic acids is 2. The van der Waals surface area contributed by atoms with E-state index in [1.165, 1.54) is 12.1 Å². The van der Waals surface area contributed by atoms with Crippen molar-refractivity contribution in [3.8, 4) is 16.9 Å². The summed E-state index contributed by atoms with van der Waals surface area (Å²) >= 11 is 0. The van der Waals surface area contributed by atoms with Gasteiger partial charge in [0.2, 0.25) is 11.5 Å². The number of aryl methyl sites for hydroxylation is 1.